The van der Waals surface area contributed by atoms with Crippen molar-refractivity contribution in [3.05, 3.63) is 53.3 Å². The molecule has 0 saturated heterocycles. The fourth-order valence-electron chi connectivity index (χ4n) is 1.65. The SMILES string of the molecule is O=S(=O)(c1ccc[c]c1-c1ccc(Cl)c(F)c1)C(F)(F)F. The smallest absolute Gasteiger partial charge is 0.214 e. The average molecular weight is 338 g/mol. The van der Waals surface area contributed by atoms with E-state index in [2.05, 4.69) is 6.07 Å². The summed E-state index contributed by atoms with van der Waals surface area (Å²) in [6.07, 6.45) is 0. The first kappa shape index (κ1) is 15.8. The van der Waals surface area contributed by atoms with Gasteiger partial charge in [0.25, 0.3) is 9.84 Å². The minimum atomic E-state index is -5.56. The number of hydrogen-bond acceptors (Lipinski definition) is 2. The lowest BCUT2D eigenvalue weighted by Crippen LogP contribution is -2.23. The van der Waals surface area contributed by atoms with E-state index in [0.29, 0.717) is 0 Å². The van der Waals surface area contributed by atoms with E-state index in [0.717, 1.165) is 24.3 Å². The molecule has 1 radical (unpaired) electrons. The molecule has 0 aliphatic rings. The normalized spacial score (nSPS) is 12.4. The Morgan fingerprint density at radius 2 is 1.81 bits per heavy atom. The van der Waals surface area contributed by atoms with Gasteiger partial charge in [-0.2, -0.15) is 13.2 Å². The van der Waals surface area contributed by atoms with Crippen LogP contribution in [0.2, 0.25) is 5.02 Å². The summed E-state index contributed by atoms with van der Waals surface area (Å²) < 4.78 is 74.5. The maximum Gasteiger partial charge on any atom is 0.501 e. The third-order valence-electron chi connectivity index (χ3n) is 2.62. The van der Waals surface area contributed by atoms with E-state index in [9.17, 15) is 26.0 Å². The molecule has 0 aliphatic carbocycles. The molecule has 0 aromatic heterocycles. The molecule has 0 fully saturated rings. The Bertz CT molecular complexity index is 785. The van der Waals surface area contributed by atoms with Gasteiger partial charge in [0.05, 0.1) is 9.92 Å². The Hall–Kier alpha value is -1.60. The van der Waals surface area contributed by atoms with Crippen molar-refractivity contribution >= 4 is 21.4 Å². The molecule has 0 aliphatic heterocycles. The van der Waals surface area contributed by atoms with Gasteiger partial charge in [-0.3, -0.25) is 0 Å². The fourth-order valence-corrected chi connectivity index (χ4v) is 2.72. The van der Waals surface area contributed by atoms with Crippen molar-refractivity contribution < 1.29 is 26.0 Å². The van der Waals surface area contributed by atoms with Crippen LogP contribution in [0.4, 0.5) is 17.6 Å². The zero-order valence-corrected chi connectivity index (χ0v) is 11.7. The van der Waals surface area contributed by atoms with Gasteiger partial charge in [-0.1, -0.05) is 29.8 Å². The average Bonchev–Trinajstić information content (AvgIpc) is 2.40. The van der Waals surface area contributed by atoms with Gasteiger partial charge < -0.3 is 0 Å². The topological polar surface area (TPSA) is 34.1 Å². The van der Waals surface area contributed by atoms with Crippen LogP contribution in [0.3, 0.4) is 0 Å². The minimum absolute atomic E-state index is 0.0691. The number of benzene rings is 2. The largest absolute Gasteiger partial charge is 0.501 e. The molecule has 2 rings (SSSR count). The van der Waals surface area contributed by atoms with E-state index >= 15 is 0 Å². The lowest BCUT2D eigenvalue weighted by Gasteiger charge is -2.12. The number of rotatable bonds is 2. The molecule has 0 atom stereocenters. The van der Waals surface area contributed by atoms with Crippen molar-refractivity contribution in [2.24, 2.45) is 0 Å². The molecule has 111 valence electrons. The highest BCUT2D eigenvalue weighted by Gasteiger charge is 2.47. The number of hydrogen-bond donors (Lipinski definition) is 0. The Labute approximate surface area is 122 Å². The standard InChI is InChI=1S/C13H6ClF4O2S/c14-10-6-5-8(7-11(10)15)9-3-1-2-4-12(9)21(19,20)13(16,17)18/h1-2,4-7H. The van der Waals surface area contributed by atoms with Gasteiger partial charge in [-0.15, -0.1) is 0 Å². The van der Waals surface area contributed by atoms with Gasteiger partial charge in [0.15, 0.2) is 0 Å². The number of halogens is 5. The Kier molecular flexibility index (Phi) is 3.99. The van der Waals surface area contributed by atoms with Crippen LogP contribution in [0.15, 0.2) is 41.3 Å². The summed E-state index contributed by atoms with van der Waals surface area (Å²) in [6, 6.07) is 8.71. The van der Waals surface area contributed by atoms with Gasteiger partial charge >= 0.3 is 5.51 Å². The molecule has 2 nitrogen and oxygen atoms in total. The van der Waals surface area contributed by atoms with Gasteiger partial charge in [0.2, 0.25) is 0 Å². The molecule has 2 aromatic rings. The maximum absolute atomic E-state index is 13.4. The second-order valence-electron chi connectivity index (χ2n) is 3.99. The lowest BCUT2D eigenvalue weighted by molar-refractivity contribution is -0.0435. The summed E-state index contributed by atoms with van der Waals surface area (Å²) in [5.74, 6) is -0.873. The Morgan fingerprint density at radius 3 is 2.38 bits per heavy atom. The highest BCUT2D eigenvalue weighted by atomic mass is 35.5. The third kappa shape index (κ3) is 2.89. The van der Waals surface area contributed by atoms with Crippen molar-refractivity contribution in [1.82, 2.24) is 0 Å². The zero-order chi connectivity index (χ0) is 15.8. The molecule has 0 saturated carbocycles. The summed E-state index contributed by atoms with van der Waals surface area (Å²) in [6.45, 7) is 0. The van der Waals surface area contributed by atoms with E-state index in [1.807, 2.05) is 0 Å². The fraction of sp³-hybridized carbons (Fsp3) is 0.0769. The van der Waals surface area contributed by atoms with Crippen LogP contribution >= 0.6 is 11.6 Å². The molecule has 0 unspecified atom stereocenters. The van der Waals surface area contributed by atoms with Gasteiger partial charge in [-0.05, 0) is 29.8 Å². The number of sulfone groups is 1. The van der Waals surface area contributed by atoms with Gasteiger partial charge in [0.1, 0.15) is 5.82 Å². The molecule has 0 heterocycles. The van der Waals surface area contributed by atoms with E-state index in [1.54, 1.807) is 0 Å². The highest BCUT2D eigenvalue weighted by molar-refractivity contribution is 7.92. The quantitative estimate of drug-likeness (QED) is 0.768. The molecule has 2 aromatic carbocycles. The van der Waals surface area contributed by atoms with E-state index in [4.69, 9.17) is 11.6 Å². The summed E-state index contributed by atoms with van der Waals surface area (Å²) in [7, 11) is -5.56. The Morgan fingerprint density at radius 1 is 1.14 bits per heavy atom. The highest BCUT2D eigenvalue weighted by Crippen LogP contribution is 2.36. The monoisotopic (exact) mass is 337 g/mol. The third-order valence-corrected chi connectivity index (χ3v) is 4.46. The molecule has 0 amide bonds. The van der Waals surface area contributed by atoms with Crippen LogP contribution < -0.4 is 0 Å². The van der Waals surface area contributed by atoms with Crippen molar-refractivity contribution in [1.29, 1.82) is 0 Å². The van der Waals surface area contributed by atoms with Crippen LogP contribution in [0.25, 0.3) is 11.1 Å². The summed E-state index contributed by atoms with van der Waals surface area (Å²) in [4.78, 5) is -0.987. The van der Waals surface area contributed by atoms with E-state index in [1.165, 1.54) is 12.1 Å². The van der Waals surface area contributed by atoms with Crippen LogP contribution in [-0.2, 0) is 9.84 Å². The molecule has 0 spiro atoms. The molecule has 21 heavy (non-hydrogen) atoms. The Balaban J connectivity index is 2.70. The first-order valence-corrected chi connectivity index (χ1v) is 7.28. The summed E-state index contributed by atoms with van der Waals surface area (Å²) in [5.41, 5.74) is -5.90. The lowest BCUT2D eigenvalue weighted by atomic mass is 10.1. The molecule has 0 N–H and O–H groups in total. The summed E-state index contributed by atoms with van der Waals surface area (Å²) in [5, 5.41) is -0.227. The van der Waals surface area contributed by atoms with Crippen molar-refractivity contribution in [2.45, 2.75) is 10.4 Å². The molecular weight excluding hydrogens is 332 g/mol. The van der Waals surface area contributed by atoms with Crippen LogP contribution in [0, 0.1) is 11.9 Å². The van der Waals surface area contributed by atoms with Crippen LogP contribution in [0.1, 0.15) is 0 Å². The first-order valence-electron chi connectivity index (χ1n) is 5.42. The van der Waals surface area contributed by atoms with E-state index < -0.39 is 26.1 Å². The van der Waals surface area contributed by atoms with Gasteiger partial charge in [-0.25, -0.2) is 12.8 Å². The first-order chi connectivity index (χ1) is 9.64. The minimum Gasteiger partial charge on any atom is -0.214 e. The van der Waals surface area contributed by atoms with Crippen molar-refractivity contribution in [3.8, 4) is 11.1 Å². The second kappa shape index (κ2) is 5.31. The van der Waals surface area contributed by atoms with E-state index in [-0.39, 0.29) is 16.1 Å². The molecule has 0 bridgehead atoms. The molecule has 8 heteroatoms. The van der Waals surface area contributed by atoms with Crippen molar-refractivity contribution in [3.63, 3.8) is 0 Å². The van der Waals surface area contributed by atoms with Crippen molar-refractivity contribution in [2.75, 3.05) is 0 Å². The maximum atomic E-state index is 13.4. The summed E-state index contributed by atoms with van der Waals surface area (Å²) >= 11 is 5.49. The van der Waals surface area contributed by atoms with Crippen LogP contribution in [0.5, 0.6) is 0 Å². The predicted octanol–water partition coefficient (Wildman–Crippen LogP) is 4.24. The number of alkyl halides is 3. The molecular formula is C13H6ClF4O2S. The zero-order valence-electron chi connectivity index (χ0n) is 10.1. The van der Waals surface area contributed by atoms with Gasteiger partial charge in [0, 0.05) is 5.56 Å². The second-order valence-corrected chi connectivity index (χ2v) is 6.30. The van der Waals surface area contributed by atoms with Crippen LogP contribution in [-0.4, -0.2) is 13.9 Å². The predicted molar refractivity (Wildman–Crippen MR) is 68.9 cm³/mol.